The zero-order valence-corrected chi connectivity index (χ0v) is 11.0. The summed E-state index contributed by atoms with van der Waals surface area (Å²) in [5.74, 6) is 0.539. The van der Waals surface area contributed by atoms with E-state index < -0.39 is 5.60 Å². The van der Waals surface area contributed by atoms with Crippen LogP contribution in [0.25, 0.3) is 0 Å². The predicted octanol–water partition coefficient (Wildman–Crippen LogP) is 1.85. The molecule has 1 heterocycles. The van der Waals surface area contributed by atoms with Crippen LogP contribution in [0.15, 0.2) is 0 Å². The van der Waals surface area contributed by atoms with Crippen LogP contribution in [0.3, 0.4) is 0 Å². The SMILES string of the molecule is CCC1CNCC1N(C)C(=O)OC(C)(C)C. The summed E-state index contributed by atoms with van der Waals surface area (Å²) in [7, 11) is 1.83. The Kier molecular flexibility index (Phi) is 4.19. The van der Waals surface area contributed by atoms with Crippen molar-refractivity contribution in [1.29, 1.82) is 0 Å². The van der Waals surface area contributed by atoms with Gasteiger partial charge in [0.15, 0.2) is 0 Å². The third kappa shape index (κ3) is 3.37. The van der Waals surface area contributed by atoms with E-state index >= 15 is 0 Å². The molecule has 2 atom stereocenters. The van der Waals surface area contributed by atoms with Crippen molar-refractivity contribution in [3.8, 4) is 0 Å². The summed E-state index contributed by atoms with van der Waals surface area (Å²) in [6.07, 6.45) is 0.866. The minimum atomic E-state index is -0.418. The average Bonchev–Trinajstić information content (AvgIpc) is 2.61. The molecule has 1 amide bonds. The standard InChI is InChI=1S/C12H24N2O2/c1-6-9-7-13-8-10(9)14(5)11(15)16-12(2,3)4/h9-10,13H,6-8H2,1-5H3. The van der Waals surface area contributed by atoms with Crippen LogP contribution in [0, 0.1) is 5.92 Å². The summed E-state index contributed by atoms with van der Waals surface area (Å²) in [6.45, 7) is 9.70. The van der Waals surface area contributed by atoms with Crippen molar-refractivity contribution in [2.24, 2.45) is 5.92 Å². The Balaban J connectivity index is 2.56. The number of rotatable bonds is 2. The van der Waals surface area contributed by atoms with Crippen molar-refractivity contribution in [2.45, 2.75) is 45.8 Å². The number of nitrogens with one attached hydrogen (secondary N) is 1. The van der Waals surface area contributed by atoms with E-state index in [0.717, 1.165) is 19.5 Å². The van der Waals surface area contributed by atoms with Crippen molar-refractivity contribution < 1.29 is 9.53 Å². The maximum atomic E-state index is 11.9. The third-order valence-corrected chi connectivity index (χ3v) is 3.01. The van der Waals surface area contributed by atoms with Crippen LogP contribution in [0.5, 0.6) is 0 Å². The molecule has 0 aromatic rings. The van der Waals surface area contributed by atoms with Crippen LogP contribution in [0.2, 0.25) is 0 Å². The van der Waals surface area contributed by atoms with Gasteiger partial charge < -0.3 is 15.0 Å². The molecule has 1 aliphatic rings. The zero-order chi connectivity index (χ0) is 12.3. The lowest BCUT2D eigenvalue weighted by atomic mass is 10.0. The average molecular weight is 228 g/mol. The highest BCUT2D eigenvalue weighted by Crippen LogP contribution is 2.20. The molecule has 4 nitrogen and oxygen atoms in total. The number of carbonyl (C=O) groups excluding carboxylic acids is 1. The first-order valence-electron chi connectivity index (χ1n) is 6.01. The fourth-order valence-corrected chi connectivity index (χ4v) is 2.06. The number of hydrogen-bond acceptors (Lipinski definition) is 3. The van der Waals surface area contributed by atoms with Crippen LogP contribution < -0.4 is 5.32 Å². The Hall–Kier alpha value is -0.770. The van der Waals surface area contributed by atoms with Crippen LogP contribution in [0.1, 0.15) is 34.1 Å². The van der Waals surface area contributed by atoms with Gasteiger partial charge in [-0.2, -0.15) is 0 Å². The van der Waals surface area contributed by atoms with Gasteiger partial charge in [-0.15, -0.1) is 0 Å². The van der Waals surface area contributed by atoms with Crippen molar-refractivity contribution in [2.75, 3.05) is 20.1 Å². The van der Waals surface area contributed by atoms with Crippen LogP contribution >= 0.6 is 0 Å². The van der Waals surface area contributed by atoms with Gasteiger partial charge in [0, 0.05) is 20.1 Å². The third-order valence-electron chi connectivity index (χ3n) is 3.01. The molecule has 94 valence electrons. The molecule has 0 spiro atoms. The molecule has 4 heteroatoms. The summed E-state index contributed by atoms with van der Waals surface area (Å²) < 4.78 is 5.36. The molecule has 0 aliphatic carbocycles. The molecule has 0 aromatic heterocycles. The zero-order valence-electron chi connectivity index (χ0n) is 11.0. The second kappa shape index (κ2) is 5.04. The molecule has 1 fully saturated rings. The highest BCUT2D eigenvalue weighted by Gasteiger charge is 2.33. The van der Waals surface area contributed by atoms with Crippen molar-refractivity contribution >= 4 is 6.09 Å². The molecule has 0 radical (unpaired) electrons. The quantitative estimate of drug-likeness (QED) is 0.784. The monoisotopic (exact) mass is 228 g/mol. The number of nitrogens with zero attached hydrogens (tertiary/aromatic N) is 1. The molecule has 1 N–H and O–H groups in total. The van der Waals surface area contributed by atoms with E-state index in [0.29, 0.717) is 5.92 Å². The molecule has 0 bridgehead atoms. The Bertz CT molecular complexity index is 248. The molecular formula is C12H24N2O2. The number of ether oxygens (including phenoxy) is 1. The van der Waals surface area contributed by atoms with Gasteiger partial charge in [0.2, 0.25) is 0 Å². The van der Waals surface area contributed by atoms with Gasteiger partial charge in [0.25, 0.3) is 0 Å². The number of likely N-dealkylation sites (N-methyl/N-ethyl adjacent to an activating group) is 1. The molecule has 1 aliphatic heterocycles. The van der Waals surface area contributed by atoms with E-state index in [9.17, 15) is 4.79 Å². The Morgan fingerprint density at radius 1 is 1.44 bits per heavy atom. The summed E-state index contributed by atoms with van der Waals surface area (Å²) in [5.41, 5.74) is -0.418. The van der Waals surface area contributed by atoms with Gasteiger partial charge in [-0.25, -0.2) is 4.79 Å². The molecule has 1 saturated heterocycles. The van der Waals surface area contributed by atoms with E-state index in [1.54, 1.807) is 4.90 Å². The topological polar surface area (TPSA) is 41.6 Å². The van der Waals surface area contributed by atoms with Crippen LogP contribution in [-0.2, 0) is 4.74 Å². The summed E-state index contributed by atoms with van der Waals surface area (Å²) >= 11 is 0. The van der Waals surface area contributed by atoms with Gasteiger partial charge >= 0.3 is 6.09 Å². The molecule has 2 unspecified atom stereocenters. The second-order valence-electron chi connectivity index (χ2n) is 5.49. The lowest BCUT2D eigenvalue weighted by Gasteiger charge is -2.30. The van der Waals surface area contributed by atoms with E-state index in [-0.39, 0.29) is 12.1 Å². The van der Waals surface area contributed by atoms with Crippen molar-refractivity contribution in [1.82, 2.24) is 10.2 Å². The van der Waals surface area contributed by atoms with Gasteiger partial charge in [-0.1, -0.05) is 13.3 Å². The lowest BCUT2D eigenvalue weighted by molar-refractivity contribution is 0.0200. The molecular weight excluding hydrogens is 204 g/mol. The van der Waals surface area contributed by atoms with Crippen molar-refractivity contribution in [3.63, 3.8) is 0 Å². The normalized spacial score (nSPS) is 25.6. The van der Waals surface area contributed by atoms with Gasteiger partial charge in [0.05, 0.1) is 6.04 Å². The number of hydrogen-bond donors (Lipinski definition) is 1. The summed E-state index contributed by atoms with van der Waals surface area (Å²) in [4.78, 5) is 13.6. The lowest BCUT2D eigenvalue weighted by Crippen LogP contribution is -2.44. The maximum absolute atomic E-state index is 11.9. The van der Waals surface area contributed by atoms with Crippen LogP contribution in [0.4, 0.5) is 4.79 Å². The fraction of sp³-hybridized carbons (Fsp3) is 0.917. The summed E-state index contributed by atoms with van der Waals surface area (Å²) in [6, 6.07) is 0.264. The van der Waals surface area contributed by atoms with E-state index in [1.165, 1.54) is 0 Å². The molecule has 0 saturated carbocycles. The Labute approximate surface area is 98.3 Å². The molecule has 1 rings (SSSR count). The molecule has 0 aromatic carbocycles. The van der Waals surface area contributed by atoms with Crippen molar-refractivity contribution in [3.05, 3.63) is 0 Å². The smallest absolute Gasteiger partial charge is 0.410 e. The number of amides is 1. The summed E-state index contributed by atoms with van der Waals surface area (Å²) in [5, 5.41) is 3.32. The Morgan fingerprint density at radius 2 is 2.06 bits per heavy atom. The maximum Gasteiger partial charge on any atom is 0.410 e. The first kappa shape index (κ1) is 13.3. The minimum absolute atomic E-state index is 0.223. The van der Waals surface area contributed by atoms with Gasteiger partial charge in [-0.05, 0) is 26.7 Å². The Morgan fingerprint density at radius 3 is 2.56 bits per heavy atom. The second-order valence-corrected chi connectivity index (χ2v) is 5.49. The van der Waals surface area contributed by atoms with E-state index in [4.69, 9.17) is 4.74 Å². The first-order valence-corrected chi connectivity index (χ1v) is 6.01. The highest BCUT2D eigenvalue weighted by atomic mass is 16.6. The predicted molar refractivity (Wildman–Crippen MR) is 64.4 cm³/mol. The van der Waals surface area contributed by atoms with Gasteiger partial charge in [0.1, 0.15) is 5.60 Å². The van der Waals surface area contributed by atoms with E-state index in [1.807, 2.05) is 27.8 Å². The highest BCUT2D eigenvalue weighted by molar-refractivity contribution is 5.68. The first-order chi connectivity index (χ1) is 7.35. The van der Waals surface area contributed by atoms with E-state index in [2.05, 4.69) is 12.2 Å². The fourth-order valence-electron chi connectivity index (χ4n) is 2.06. The minimum Gasteiger partial charge on any atom is -0.444 e. The van der Waals surface area contributed by atoms with Crippen LogP contribution in [-0.4, -0.2) is 42.8 Å². The van der Waals surface area contributed by atoms with Gasteiger partial charge in [-0.3, -0.25) is 0 Å². The molecule has 16 heavy (non-hydrogen) atoms. The largest absolute Gasteiger partial charge is 0.444 e. The number of carbonyl (C=O) groups is 1.